The van der Waals surface area contributed by atoms with Crippen LogP contribution in [0.3, 0.4) is 0 Å². The second-order valence-electron chi connectivity index (χ2n) is 8.50. The Kier molecular flexibility index (Phi) is 6.30. The first-order valence-corrected chi connectivity index (χ1v) is 11.9. The summed E-state index contributed by atoms with van der Waals surface area (Å²) >= 11 is 2.05. The van der Waals surface area contributed by atoms with Crippen molar-refractivity contribution in [1.82, 2.24) is 20.0 Å². The van der Waals surface area contributed by atoms with Gasteiger partial charge in [0.05, 0.1) is 12.2 Å². The van der Waals surface area contributed by atoms with Crippen molar-refractivity contribution in [3.63, 3.8) is 0 Å². The van der Waals surface area contributed by atoms with Crippen molar-refractivity contribution in [1.29, 1.82) is 0 Å². The molecular formula is C23H32N4OS. The van der Waals surface area contributed by atoms with Gasteiger partial charge in [-0.05, 0) is 50.5 Å². The third-order valence-corrected chi connectivity index (χ3v) is 7.36. The Bertz CT molecular complexity index is 850. The van der Waals surface area contributed by atoms with Crippen LogP contribution in [-0.4, -0.2) is 57.3 Å². The maximum Gasteiger partial charge on any atom is 0.251 e. The van der Waals surface area contributed by atoms with Gasteiger partial charge in [0.1, 0.15) is 0 Å². The smallest absolute Gasteiger partial charge is 0.251 e. The third kappa shape index (κ3) is 4.69. The Morgan fingerprint density at radius 1 is 1.17 bits per heavy atom. The summed E-state index contributed by atoms with van der Waals surface area (Å²) in [4.78, 5) is 15.6. The molecule has 2 aromatic rings. The summed E-state index contributed by atoms with van der Waals surface area (Å²) in [5, 5.41) is 7.81. The van der Waals surface area contributed by atoms with Crippen LogP contribution in [0.2, 0.25) is 0 Å². The second kappa shape index (κ2) is 8.92. The van der Waals surface area contributed by atoms with Gasteiger partial charge in [-0.3, -0.25) is 14.4 Å². The van der Waals surface area contributed by atoms with Gasteiger partial charge >= 0.3 is 0 Å². The molecule has 2 fully saturated rings. The Morgan fingerprint density at radius 2 is 1.93 bits per heavy atom. The van der Waals surface area contributed by atoms with Gasteiger partial charge in [0.15, 0.2) is 0 Å². The van der Waals surface area contributed by atoms with Crippen molar-refractivity contribution in [3.8, 4) is 0 Å². The normalized spacial score (nSPS) is 19.4. The van der Waals surface area contributed by atoms with E-state index in [2.05, 4.69) is 34.4 Å². The zero-order valence-corrected chi connectivity index (χ0v) is 18.4. The molecule has 1 N–H and O–H groups in total. The highest BCUT2D eigenvalue weighted by atomic mass is 32.2. The van der Waals surface area contributed by atoms with E-state index in [1.165, 1.54) is 37.2 Å². The molecule has 4 rings (SSSR count). The van der Waals surface area contributed by atoms with Crippen LogP contribution in [0.4, 0.5) is 0 Å². The molecule has 2 aliphatic rings. The Hall–Kier alpha value is -1.79. The quantitative estimate of drug-likeness (QED) is 0.787. The van der Waals surface area contributed by atoms with Crippen LogP contribution in [0.25, 0.3) is 0 Å². The predicted octanol–water partition coefficient (Wildman–Crippen LogP) is 3.64. The monoisotopic (exact) mass is 412 g/mol. The fourth-order valence-corrected chi connectivity index (χ4v) is 5.74. The molecule has 1 amide bonds. The number of nitrogens with one attached hydrogen (secondary N) is 1. The van der Waals surface area contributed by atoms with E-state index >= 15 is 0 Å². The van der Waals surface area contributed by atoms with Gasteiger partial charge in [0.25, 0.3) is 5.91 Å². The van der Waals surface area contributed by atoms with Crippen molar-refractivity contribution < 1.29 is 4.79 Å². The number of rotatable bonds is 6. The van der Waals surface area contributed by atoms with Crippen LogP contribution in [0.1, 0.15) is 53.0 Å². The number of carbonyl (C=O) groups is 1. The number of aryl methyl sites for hydroxylation is 2. The molecule has 5 nitrogen and oxygen atoms in total. The summed E-state index contributed by atoms with van der Waals surface area (Å²) in [6.07, 6.45) is 4.96. The molecule has 156 valence electrons. The number of amides is 1. The zero-order chi connectivity index (χ0) is 20.3. The maximum atomic E-state index is 12.9. The summed E-state index contributed by atoms with van der Waals surface area (Å²) in [5.41, 5.74) is 4.17. The molecule has 1 aliphatic heterocycles. The van der Waals surface area contributed by atoms with Crippen molar-refractivity contribution in [2.45, 2.75) is 51.6 Å². The van der Waals surface area contributed by atoms with E-state index in [0.29, 0.717) is 6.54 Å². The minimum Gasteiger partial charge on any atom is -0.350 e. The maximum absolute atomic E-state index is 12.9. The van der Waals surface area contributed by atoms with Crippen molar-refractivity contribution in [3.05, 3.63) is 52.8 Å². The van der Waals surface area contributed by atoms with Gasteiger partial charge in [-0.2, -0.15) is 16.9 Å². The zero-order valence-electron chi connectivity index (χ0n) is 17.6. The van der Waals surface area contributed by atoms with Crippen LogP contribution in [0.5, 0.6) is 0 Å². The molecule has 6 heteroatoms. The molecule has 1 saturated carbocycles. The number of nitrogens with zero attached hydrogens (tertiary/aromatic N) is 3. The van der Waals surface area contributed by atoms with E-state index in [0.717, 1.165) is 42.1 Å². The number of benzene rings is 1. The summed E-state index contributed by atoms with van der Waals surface area (Å²) in [6, 6.07) is 10.0. The number of hydrogen-bond donors (Lipinski definition) is 1. The fraction of sp³-hybridized carbons (Fsp3) is 0.565. The van der Waals surface area contributed by atoms with E-state index in [1.807, 2.05) is 41.6 Å². The average molecular weight is 413 g/mol. The molecule has 0 unspecified atom stereocenters. The predicted molar refractivity (Wildman–Crippen MR) is 120 cm³/mol. The Labute approximate surface area is 178 Å². The molecule has 29 heavy (non-hydrogen) atoms. The fourth-order valence-electron chi connectivity index (χ4n) is 4.84. The van der Waals surface area contributed by atoms with E-state index in [-0.39, 0.29) is 11.4 Å². The number of carbonyl (C=O) groups excluding carboxylic acids is 1. The summed E-state index contributed by atoms with van der Waals surface area (Å²) < 4.78 is 1.99. The third-order valence-electron chi connectivity index (χ3n) is 6.42. The standard InChI is InChI=1S/C23H32N4OS/c1-18-14-19(2)27(25-18)16-20-6-5-7-21(15-20)22(28)24-17-23(8-3-4-9-23)26-10-12-29-13-11-26/h5-7,14-15H,3-4,8-13,16-17H2,1-2H3,(H,24,28). The van der Waals surface area contributed by atoms with Crippen LogP contribution >= 0.6 is 11.8 Å². The Balaban J connectivity index is 1.42. The van der Waals surface area contributed by atoms with Gasteiger partial charge < -0.3 is 5.32 Å². The van der Waals surface area contributed by atoms with Gasteiger partial charge in [0.2, 0.25) is 0 Å². The molecule has 1 saturated heterocycles. The lowest BCUT2D eigenvalue weighted by Gasteiger charge is -2.43. The molecule has 0 radical (unpaired) electrons. The lowest BCUT2D eigenvalue weighted by molar-refractivity contribution is 0.0817. The number of hydrogen-bond acceptors (Lipinski definition) is 4. The largest absolute Gasteiger partial charge is 0.350 e. The molecule has 1 aliphatic carbocycles. The van der Waals surface area contributed by atoms with Crippen molar-refractivity contribution >= 4 is 17.7 Å². The highest BCUT2D eigenvalue weighted by molar-refractivity contribution is 7.99. The minimum atomic E-state index is 0.0397. The molecule has 0 bridgehead atoms. The first-order valence-electron chi connectivity index (χ1n) is 10.8. The van der Waals surface area contributed by atoms with Crippen LogP contribution in [0, 0.1) is 13.8 Å². The average Bonchev–Trinajstić information content (AvgIpc) is 3.34. The number of aromatic nitrogens is 2. The molecule has 2 heterocycles. The molecule has 1 aromatic heterocycles. The van der Waals surface area contributed by atoms with Crippen molar-refractivity contribution in [2.24, 2.45) is 0 Å². The van der Waals surface area contributed by atoms with Crippen LogP contribution in [0.15, 0.2) is 30.3 Å². The van der Waals surface area contributed by atoms with E-state index in [9.17, 15) is 4.79 Å². The SMILES string of the molecule is Cc1cc(C)n(Cc2cccc(C(=O)NCC3(N4CCSCC4)CCCC3)c2)n1. The van der Waals surface area contributed by atoms with Gasteiger partial charge in [-0.1, -0.05) is 25.0 Å². The second-order valence-corrected chi connectivity index (χ2v) is 9.72. The van der Waals surface area contributed by atoms with Crippen molar-refractivity contribution in [2.75, 3.05) is 31.1 Å². The number of thioether (sulfide) groups is 1. The van der Waals surface area contributed by atoms with E-state index < -0.39 is 0 Å². The van der Waals surface area contributed by atoms with E-state index in [1.54, 1.807) is 0 Å². The molecular weight excluding hydrogens is 380 g/mol. The highest BCUT2D eigenvalue weighted by Gasteiger charge is 2.40. The summed E-state index contributed by atoms with van der Waals surface area (Å²) in [6.45, 7) is 7.83. The van der Waals surface area contributed by atoms with Crippen LogP contribution in [-0.2, 0) is 6.54 Å². The first kappa shape index (κ1) is 20.5. The van der Waals surface area contributed by atoms with Gasteiger partial charge in [-0.25, -0.2) is 0 Å². The van der Waals surface area contributed by atoms with Gasteiger partial charge in [-0.15, -0.1) is 0 Å². The first-order chi connectivity index (χ1) is 14.1. The summed E-state index contributed by atoms with van der Waals surface area (Å²) in [5.74, 6) is 2.46. The highest BCUT2D eigenvalue weighted by Crippen LogP contribution is 2.36. The van der Waals surface area contributed by atoms with E-state index in [4.69, 9.17) is 0 Å². The van der Waals surface area contributed by atoms with Crippen LogP contribution < -0.4 is 5.32 Å². The van der Waals surface area contributed by atoms with Gasteiger partial charge in [0, 0.05) is 47.9 Å². The summed E-state index contributed by atoms with van der Waals surface area (Å²) in [7, 11) is 0. The molecule has 0 atom stereocenters. The minimum absolute atomic E-state index is 0.0397. The Morgan fingerprint density at radius 3 is 2.62 bits per heavy atom. The lowest BCUT2D eigenvalue weighted by Crippen LogP contribution is -2.56. The molecule has 1 aromatic carbocycles. The topological polar surface area (TPSA) is 50.2 Å². The molecule has 0 spiro atoms. The lowest BCUT2D eigenvalue weighted by atomic mass is 9.94.